The molecule has 24 heavy (non-hydrogen) atoms. The van der Waals surface area contributed by atoms with Crippen molar-refractivity contribution >= 4 is 5.91 Å². The van der Waals surface area contributed by atoms with Gasteiger partial charge < -0.3 is 14.7 Å². The van der Waals surface area contributed by atoms with Crippen molar-refractivity contribution in [1.82, 2.24) is 9.88 Å². The standard InChI is InChI=1S/C19H22N2O3/c1-21(13-14-6-5-9-18(14)22)19(23)17-12-16(10-11-20-17)24-15-7-3-2-4-8-15/h2-4,7-8,10-12,14,18,22H,5-6,9,13H2,1H3. The zero-order valence-electron chi connectivity index (χ0n) is 13.8. The molecule has 1 aromatic heterocycles. The highest BCUT2D eigenvalue weighted by Gasteiger charge is 2.28. The summed E-state index contributed by atoms with van der Waals surface area (Å²) >= 11 is 0. The maximum atomic E-state index is 12.6. The SMILES string of the molecule is CN(CC1CCCC1O)C(=O)c1cc(Oc2ccccc2)ccn1. The van der Waals surface area contributed by atoms with Crippen molar-refractivity contribution in [3.05, 3.63) is 54.4 Å². The highest BCUT2D eigenvalue weighted by molar-refractivity contribution is 5.92. The highest BCUT2D eigenvalue weighted by Crippen LogP contribution is 2.26. The van der Waals surface area contributed by atoms with Crippen molar-refractivity contribution in [2.24, 2.45) is 5.92 Å². The molecule has 0 spiro atoms. The molecule has 0 saturated heterocycles. The molecule has 1 fully saturated rings. The predicted octanol–water partition coefficient (Wildman–Crippen LogP) is 3.11. The number of aliphatic hydroxyl groups is 1. The molecule has 1 aliphatic rings. The molecule has 2 atom stereocenters. The van der Waals surface area contributed by atoms with E-state index in [2.05, 4.69) is 4.98 Å². The van der Waals surface area contributed by atoms with E-state index >= 15 is 0 Å². The molecule has 2 unspecified atom stereocenters. The van der Waals surface area contributed by atoms with Crippen LogP contribution in [0, 0.1) is 5.92 Å². The topological polar surface area (TPSA) is 62.7 Å². The molecule has 0 radical (unpaired) electrons. The third-order valence-corrected chi connectivity index (χ3v) is 4.40. The Morgan fingerprint density at radius 2 is 2.04 bits per heavy atom. The van der Waals surface area contributed by atoms with Gasteiger partial charge in [-0.15, -0.1) is 0 Å². The molecular weight excluding hydrogens is 304 g/mol. The Bertz CT molecular complexity index is 690. The van der Waals surface area contributed by atoms with Gasteiger partial charge in [0, 0.05) is 31.8 Å². The Morgan fingerprint density at radius 3 is 2.75 bits per heavy atom. The molecule has 5 heteroatoms. The minimum absolute atomic E-state index is 0.155. The minimum Gasteiger partial charge on any atom is -0.457 e. The van der Waals surface area contributed by atoms with Gasteiger partial charge in [-0.3, -0.25) is 9.78 Å². The Morgan fingerprint density at radius 1 is 1.25 bits per heavy atom. The number of para-hydroxylation sites is 1. The fraction of sp³-hybridized carbons (Fsp3) is 0.368. The summed E-state index contributed by atoms with van der Waals surface area (Å²) in [7, 11) is 1.75. The number of amides is 1. The largest absolute Gasteiger partial charge is 0.457 e. The summed E-state index contributed by atoms with van der Waals surface area (Å²) in [4.78, 5) is 18.4. The van der Waals surface area contributed by atoms with E-state index < -0.39 is 0 Å². The van der Waals surface area contributed by atoms with Gasteiger partial charge >= 0.3 is 0 Å². The Hall–Kier alpha value is -2.40. The molecule has 1 aromatic carbocycles. The number of pyridine rings is 1. The van der Waals surface area contributed by atoms with Gasteiger partial charge in [-0.1, -0.05) is 24.6 Å². The molecule has 1 amide bonds. The van der Waals surface area contributed by atoms with Crippen LogP contribution in [0.4, 0.5) is 0 Å². The van der Waals surface area contributed by atoms with Crippen molar-refractivity contribution in [2.45, 2.75) is 25.4 Å². The van der Waals surface area contributed by atoms with Gasteiger partial charge in [-0.2, -0.15) is 0 Å². The minimum atomic E-state index is -0.305. The smallest absolute Gasteiger partial charge is 0.272 e. The first kappa shape index (κ1) is 16.5. The fourth-order valence-electron chi connectivity index (χ4n) is 3.08. The number of rotatable bonds is 5. The number of ether oxygens (including phenoxy) is 1. The second kappa shape index (κ2) is 7.45. The van der Waals surface area contributed by atoms with E-state index in [1.54, 1.807) is 30.3 Å². The van der Waals surface area contributed by atoms with E-state index in [0.717, 1.165) is 19.3 Å². The summed E-state index contributed by atoms with van der Waals surface area (Å²) in [5.74, 6) is 1.29. The summed E-state index contributed by atoms with van der Waals surface area (Å²) in [6.45, 7) is 0.547. The van der Waals surface area contributed by atoms with Gasteiger partial charge in [-0.05, 0) is 31.0 Å². The maximum absolute atomic E-state index is 12.6. The van der Waals surface area contributed by atoms with Crippen molar-refractivity contribution < 1.29 is 14.6 Å². The molecule has 126 valence electrons. The molecule has 0 aliphatic heterocycles. The Kier molecular flexibility index (Phi) is 5.11. The average molecular weight is 326 g/mol. The fourth-order valence-corrected chi connectivity index (χ4v) is 3.08. The Labute approximate surface area is 141 Å². The third-order valence-electron chi connectivity index (χ3n) is 4.40. The van der Waals surface area contributed by atoms with Crippen LogP contribution < -0.4 is 4.74 Å². The maximum Gasteiger partial charge on any atom is 0.272 e. The zero-order valence-corrected chi connectivity index (χ0v) is 13.8. The van der Waals surface area contributed by atoms with Crippen LogP contribution in [-0.4, -0.2) is 40.6 Å². The van der Waals surface area contributed by atoms with Crippen LogP contribution >= 0.6 is 0 Å². The van der Waals surface area contributed by atoms with Crippen molar-refractivity contribution in [3.8, 4) is 11.5 Å². The summed E-state index contributed by atoms with van der Waals surface area (Å²) in [5, 5.41) is 9.92. The predicted molar refractivity (Wildman–Crippen MR) is 91.1 cm³/mol. The van der Waals surface area contributed by atoms with Gasteiger partial charge in [0.1, 0.15) is 17.2 Å². The number of aromatic nitrogens is 1. The molecule has 1 N–H and O–H groups in total. The summed E-state index contributed by atoms with van der Waals surface area (Å²) in [6.07, 6.45) is 4.08. The Balaban J connectivity index is 1.67. The van der Waals surface area contributed by atoms with E-state index in [1.165, 1.54) is 0 Å². The summed E-state index contributed by atoms with van der Waals surface area (Å²) in [6, 6.07) is 12.8. The van der Waals surface area contributed by atoms with Gasteiger partial charge in [0.25, 0.3) is 5.91 Å². The summed E-state index contributed by atoms with van der Waals surface area (Å²) < 4.78 is 5.75. The number of aliphatic hydroxyl groups excluding tert-OH is 1. The van der Waals surface area contributed by atoms with E-state index in [-0.39, 0.29) is 17.9 Å². The second-order valence-corrected chi connectivity index (χ2v) is 6.24. The number of hydrogen-bond acceptors (Lipinski definition) is 4. The van der Waals surface area contributed by atoms with Crippen LogP contribution in [0.2, 0.25) is 0 Å². The lowest BCUT2D eigenvalue weighted by molar-refractivity contribution is 0.0688. The van der Waals surface area contributed by atoms with Crippen molar-refractivity contribution in [3.63, 3.8) is 0 Å². The highest BCUT2D eigenvalue weighted by atomic mass is 16.5. The van der Waals surface area contributed by atoms with Crippen LogP contribution in [0.15, 0.2) is 48.7 Å². The van der Waals surface area contributed by atoms with Crippen LogP contribution in [0.25, 0.3) is 0 Å². The number of carbonyl (C=O) groups excluding carboxylic acids is 1. The van der Waals surface area contributed by atoms with Crippen LogP contribution in [0.3, 0.4) is 0 Å². The lowest BCUT2D eigenvalue weighted by Gasteiger charge is -2.23. The molecule has 1 aliphatic carbocycles. The van der Waals surface area contributed by atoms with Crippen LogP contribution in [0.1, 0.15) is 29.8 Å². The van der Waals surface area contributed by atoms with Gasteiger partial charge in [0.05, 0.1) is 6.10 Å². The number of nitrogens with zero attached hydrogens (tertiary/aromatic N) is 2. The monoisotopic (exact) mass is 326 g/mol. The van der Waals surface area contributed by atoms with E-state index in [1.807, 2.05) is 30.3 Å². The lowest BCUT2D eigenvalue weighted by atomic mass is 10.1. The zero-order chi connectivity index (χ0) is 16.9. The molecule has 0 bridgehead atoms. The molecule has 1 heterocycles. The van der Waals surface area contributed by atoms with Crippen molar-refractivity contribution in [1.29, 1.82) is 0 Å². The lowest BCUT2D eigenvalue weighted by Crippen LogP contribution is -2.34. The van der Waals surface area contributed by atoms with Gasteiger partial charge in [0.2, 0.25) is 0 Å². The van der Waals surface area contributed by atoms with Crippen LogP contribution in [0.5, 0.6) is 11.5 Å². The molecular formula is C19H22N2O3. The third kappa shape index (κ3) is 3.92. The number of hydrogen-bond donors (Lipinski definition) is 1. The molecule has 3 rings (SSSR count). The van der Waals surface area contributed by atoms with E-state index in [4.69, 9.17) is 4.74 Å². The normalized spacial score (nSPS) is 19.9. The molecule has 2 aromatic rings. The molecule has 1 saturated carbocycles. The van der Waals surface area contributed by atoms with E-state index in [9.17, 15) is 9.90 Å². The average Bonchev–Trinajstić information content (AvgIpc) is 3.00. The second-order valence-electron chi connectivity index (χ2n) is 6.24. The number of benzene rings is 1. The van der Waals surface area contributed by atoms with E-state index in [0.29, 0.717) is 23.7 Å². The quantitative estimate of drug-likeness (QED) is 0.917. The van der Waals surface area contributed by atoms with Crippen molar-refractivity contribution in [2.75, 3.05) is 13.6 Å². The number of carbonyl (C=O) groups is 1. The first-order chi connectivity index (χ1) is 11.6. The molecule has 5 nitrogen and oxygen atoms in total. The summed E-state index contributed by atoms with van der Waals surface area (Å²) in [5.41, 5.74) is 0.346. The first-order valence-corrected chi connectivity index (χ1v) is 8.26. The first-order valence-electron chi connectivity index (χ1n) is 8.26. The van der Waals surface area contributed by atoms with Gasteiger partial charge in [0.15, 0.2) is 0 Å². The van der Waals surface area contributed by atoms with Crippen LogP contribution in [-0.2, 0) is 0 Å². The van der Waals surface area contributed by atoms with Gasteiger partial charge in [-0.25, -0.2) is 0 Å².